The summed E-state index contributed by atoms with van der Waals surface area (Å²) in [6.07, 6.45) is 7.05. The molecule has 0 aromatic heterocycles. The van der Waals surface area contributed by atoms with Gasteiger partial charge in [0.05, 0.1) is 6.61 Å². The van der Waals surface area contributed by atoms with E-state index in [0.717, 1.165) is 36.8 Å². The zero-order valence-corrected chi connectivity index (χ0v) is 11.2. The number of hydrogen-bond acceptors (Lipinski definition) is 2. The molecule has 3 heteroatoms. The van der Waals surface area contributed by atoms with Crippen LogP contribution in [0.5, 0.6) is 5.75 Å². The van der Waals surface area contributed by atoms with Gasteiger partial charge in [0.2, 0.25) is 5.91 Å². The smallest absolute Gasteiger partial charge is 0.227 e. The fourth-order valence-corrected chi connectivity index (χ4v) is 2.57. The van der Waals surface area contributed by atoms with Crippen molar-refractivity contribution in [2.75, 3.05) is 11.9 Å². The van der Waals surface area contributed by atoms with Crippen LogP contribution in [0.15, 0.2) is 24.3 Å². The van der Waals surface area contributed by atoms with Gasteiger partial charge in [-0.3, -0.25) is 4.79 Å². The van der Waals surface area contributed by atoms with Crippen molar-refractivity contribution in [1.29, 1.82) is 0 Å². The molecule has 1 aromatic rings. The van der Waals surface area contributed by atoms with Gasteiger partial charge in [-0.1, -0.05) is 12.8 Å². The number of benzene rings is 1. The molecule has 19 heavy (non-hydrogen) atoms. The summed E-state index contributed by atoms with van der Waals surface area (Å²) in [6.45, 7) is 0.827. The van der Waals surface area contributed by atoms with Crippen molar-refractivity contribution in [2.24, 2.45) is 11.8 Å². The third kappa shape index (κ3) is 3.49. The highest BCUT2D eigenvalue weighted by Gasteiger charge is 2.23. The van der Waals surface area contributed by atoms with Gasteiger partial charge in [-0.2, -0.15) is 0 Å². The molecular formula is C16H21NO2. The zero-order chi connectivity index (χ0) is 13.1. The van der Waals surface area contributed by atoms with Crippen molar-refractivity contribution >= 4 is 11.6 Å². The van der Waals surface area contributed by atoms with Crippen LogP contribution in [0.25, 0.3) is 0 Å². The van der Waals surface area contributed by atoms with Gasteiger partial charge in [0.1, 0.15) is 5.75 Å². The van der Waals surface area contributed by atoms with Crippen LogP contribution in [0.2, 0.25) is 0 Å². The second-order valence-electron chi connectivity index (χ2n) is 5.75. The van der Waals surface area contributed by atoms with Crippen LogP contribution in [-0.2, 0) is 4.79 Å². The molecule has 0 atom stereocenters. The molecule has 1 aromatic carbocycles. The minimum absolute atomic E-state index is 0.171. The van der Waals surface area contributed by atoms with Crippen LogP contribution in [-0.4, -0.2) is 12.5 Å². The van der Waals surface area contributed by atoms with Crippen LogP contribution >= 0.6 is 0 Å². The van der Waals surface area contributed by atoms with Crippen LogP contribution in [0.3, 0.4) is 0 Å². The maximum atomic E-state index is 12.0. The highest BCUT2D eigenvalue weighted by Crippen LogP contribution is 2.30. The van der Waals surface area contributed by atoms with E-state index in [2.05, 4.69) is 5.32 Å². The minimum atomic E-state index is 0.171. The lowest BCUT2D eigenvalue weighted by Gasteiger charge is -2.11. The molecule has 0 radical (unpaired) electrons. The van der Waals surface area contributed by atoms with E-state index in [0.29, 0.717) is 0 Å². The Balaban J connectivity index is 1.51. The zero-order valence-electron chi connectivity index (χ0n) is 11.2. The van der Waals surface area contributed by atoms with Gasteiger partial charge >= 0.3 is 0 Å². The lowest BCUT2D eigenvalue weighted by Crippen LogP contribution is -2.20. The molecule has 1 amide bonds. The van der Waals surface area contributed by atoms with E-state index >= 15 is 0 Å². The second-order valence-corrected chi connectivity index (χ2v) is 5.75. The lowest BCUT2D eigenvalue weighted by atomic mass is 10.1. The molecule has 2 aliphatic rings. The van der Waals surface area contributed by atoms with E-state index in [-0.39, 0.29) is 11.8 Å². The molecule has 0 heterocycles. The van der Waals surface area contributed by atoms with Gasteiger partial charge in [-0.05, 0) is 55.9 Å². The molecule has 1 N–H and O–H groups in total. The van der Waals surface area contributed by atoms with Gasteiger partial charge in [0.25, 0.3) is 0 Å². The topological polar surface area (TPSA) is 38.3 Å². The van der Waals surface area contributed by atoms with Crippen LogP contribution < -0.4 is 10.1 Å². The van der Waals surface area contributed by atoms with Crippen molar-refractivity contribution in [3.05, 3.63) is 24.3 Å². The van der Waals surface area contributed by atoms with Crippen molar-refractivity contribution in [3.8, 4) is 5.75 Å². The van der Waals surface area contributed by atoms with Gasteiger partial charge in [0, 0.05) is 11.6 Å². The number of nitrogens with one attached hydrogen (secondary N) is 1. The largest absolute Gasteiger partial charge is 0.493 e. The number of rotatable bonds is 5. The molecule has 0 aliphatic heterocycles. The third-order valence-corrected chi connectivity index (χ3v) is 4.03. The first-order valence-electron chi connectivity index (χ1n) is 7.35. The number of carbonyl (C=O) groups excluding carboxylic acids is 1. The van der Waals surface area contributed by atoms with Gasteiger partial charge in [0.15, 0.2) is 0 Å². The van der Waals surface area contributed by atoms with Gasteiger partial charge in [-0.25, -0.2) is 0 Å². The summed E-state index contributed by atoms with van der Waals surface area (Å²) in [5.74, 6) is 2.04. The maximum Gasteiger partial charge on any atom is 0.227 e. The first kappa shape index (κ1) is 12.5. The molecule has 0 bridgehead atoms. The van der Waals surface area contributed by atoms with E-state index in [1.807, 2.05) is 24.3 Å². The first-order chi connectivity index (χ1) is 9.31. The number of ether oxygens (including phenoxy) is 1. The number of amides is 1. The summed E-state index contributed by atoms with van der Waals surface area (Å²) >= 11 is 0. The first-order valence-corrected chi connectivity index (χ1v) is 7.35. The average molecular weight is 259 g/mol. The molecule has 0 saturated heterocycles. The monoisotopic (exact) mass is 259 g/mol. The van der Waals surface area contributed by atoms with Crippen molar-refractivity contribution in [2.45, 2.75) is 38.5 Å². The minimum Gasteiger partial charge on any atom is -0.493 e. The summed E-state index contributed by atoms with van der Waals surface area (Å²) in [6, 6.07) is 7.73. The Bertz CT molecular complexity index is 431. The Hall–Kier alpha value is -1.51. The molecule has 0 spiro atoms. The molecule has 3 nitrogen and oxygen atoms in total. The number of anilines is 1. The predicted octanol–water partition coefficient (Wildman–Crippen LogP) is 3.60. The van der Waals surface area contributed by atoms with Crippen molar-refractivity contribution in [1.82, 2.24) is 0 Å². The summed E-state index contributed by atoms with van der Waals surface area (Å²) in [4.78, 5) is 12.0. The molecule has 2 aliphatic carbocycles. The van der Waals surface area contributed by atoms with Crippen LogP contribution in [0, 0.1) is 11.8 Å². The average Bonchev–Trinajstić information content (AvgIpc) is 3.09. The highest BCUT2D eigenvalue weighted by atomic mass is 16.5. The summed E-state index contributed by atoms with van der Waals surface area (Å²) in [5, 5.41) is 2.99. The van der Waals surface area contributed by atoms with Crippen molar-refractivity contribution in [3.63, 3.8) is 0 Å². The van der Waals surface area contributed by atoms with Gasteiger partial charge < -0.3 is 10.1 Å². The Morgan fingerprint density at radius 1 is 1.11 bits per heavy atom. The molecule has 102 valence electrons. The van der Waals surface area contributed by atoms with E-state index in [9.17, 15) is 4.79 Å². The standard InChI is InChI=1S/C16H21NO2/c18-16(13-3-1-2-4-13)17-14-7-9-15(10-8-14)19-11-12-5-6-12/h7-10,12-13H,1-6,11H2,(H,17,18). The van der Waals surface area contributed by atoms with E-state index in [1.165, 1.54) is 25.7 Å². The van der Waals surface area contributed by atoms with Crippen molar-refractivity contribution < 1.29 is 9.53 Å². The molecule has 2 fully saturated rings. The van der Waals surface area contributed by atoms with Crippen LogP contribution in [0.1, 0.15) is 38.5 Å². The Kier molecular flexibility index (Phi) is 3.72. The summed E-state index contributed by atoms with van der Waals surface area (Å²) in [5.41, 5.74) is 0.871. The number of hydrogen-bond donors (Lipinski definition) is 1. The molecule has 0 unspecified atom stereocenters. The molecule has 3 rings (SSSR count). The summed E-state index contributed by atoms with van der Waals surface area (Å²) < 4.78 is 5.68. The Morgan fingerprint density at radius 2 is 1.79 bits per heavy atom. The molecular weight excluding hydrogens is 238 g/mol. The third-order valence-electron chi connectivity index (χ3n) is 4.03. The highest BCUT2D eigenvalue weighted by molar-refractivity contribution is 5.92. The van der Waals surface area contributed by atoms with Gasteiger partial charge in [-0.15, -0.1) is 0 Å². The summed E-state index contributed by atoms with van der Waals surface area (Å²) in [7, 11) is 0. The SMILES string of the molecule is O=C(Nc1ccc(OCC2CC2)cc1)C1CCCC1. The van der Waals surface area contributed by atoms with E-state index < -0.39 is 0 Å². The van der Waals surface area contributed by atoms with E-state index in [1.54, 1.807) is 0 Å². The predicted molar refractivity (Wildman–Crippen MR) is 75.2 cm³/mol. The quantitative estimate of drug-likeness (QED) is 0.877. The lowest BCUT2D eigenvalue weighted by molar-refractivity contribution is -0.119. The number of carbonyl (C=O) groups is 1. The fourth-order valence-electron chi connectivity index (χ4n) is 2.57. The van der Waals surface area contributed by atoms with E-state index in [4.69, 9.17) is 4.74 Å². The maximum absolute atomic E-state index is 12.0. The normalized spacial score (nSPS) is 19.4. The second kappa shape index (κ2) is 5.64. The Labute approximate surface area is 114 Å². The Morgan fingerprint density at radius 3 is 2.42 bits per heavy atom. The molecule has 2 saturated carbocycles. The van der Waals surface area contributed by atoms with Crippen LogP contribution in [0.4, 0.5) is 5.69 Å². The fraction of sp³-hybridized carbons (Fsp3) is 0.562.